The maximum absolute atomic E-state index is 13.4. The van der Waals surface area contributed by atoms with Crippen LogP contribution < -0.4 is 4.80 Å². The molecule has 0 radical (unpaired) electrons. The summed E-state index contributed by atoms with van der Waals surface area (Å²) in [5.41, 5.74) is 4.99. The SMILES string of the molecule is Cn1c(-c2cccc(S(=O)(=O)N3CCc4ccccc4C3)c2)csc1=Nc1ccccc1. The van der Waals surface area contributed by atoms with Gasteiger partial charge in [0.1, 0.15) is 0 Å². The van der Waals surface area contributed by atoms with Crippen molar-refractivity contribution in [1.29, 1.82) is 0 Å². The standard InChI is InChI=1S/C25H23N3O2S2/c1-27-24(18-31-25(27)26-22-11-3-2-4-12-22)20-10-7-13-23(16-20)32(29,30)28-15-14-19-8-5-6-9-21(19)17-28/h2-13,16,18H,14-15,17H2,1H3. The summed E-state index contributed by atoms with van der Waals surface area (Å²) in [6.07, 6.45) is 0.735. The maximum atomic E-state index is 13.4. The van der Waals surface area contributed by atoms with Gasteiger partial charge in [0.2, 0.25) is 10.0 Å². The van der Waals surface area contributed by atoms with Crippen LogP contribution in [0.1, 0.15) is 11.1 Å². The summed E-state index contributed by atoms with van der Waals surface area (Å²) in [6, 6.07) is 25.1. The molecule has 162 valence electrons. The number of fused-ring (bicyclic) bond motifs is 1. The molecule has 0 spiro atoms. The van der Waals surface area contributed by atoms with Gasteiger partial charge in [-0.15, -0.1) is 11.3 Å². The van der Waals surface area contributed by atoms with Crippen LogP contribution in [0.5, 0.6) is 0 Å². The summed E-state index contributed by atoms with van der Waals surface area (Å²) in [4.78, 5) is 5.88. The van der Waals surface area contributed by atoms with E-state index in [0.717, 1.165) is 33.7 Å². The molecule has 5 rings (SSSR count). The van der Waals surface area contributed by atoms with Gasteiger partial charge in [-0.1, -0.05) is 54.6 Å². The molecule has 0 amide bonds. The summed E-state index contributed by atoms with van der Waals surface area (Å²) in [6.45, 7) is 0.908. The van der Waals surface area contributed by atoms with E-state index in [4.69, 9.17) is 4.99 Å². The van der Waals surface area contributed by atoms with Crippen molar-refractivity contribution in [3.8, 4) is 11.3 Å². The van der Waals surface area contributed by atoms with E-state index in [0.29, 0.717) is 18.0 Å². The molecule has 1 aliphatic rings. The molecule has 1 aliphatic heterocycles. The molecule has 0 saturated heterocycles. The predicted molar refractivity (Wildman–Crippen MR) is 128 cm³/mol. The molecule has 7 heteroatoms. The largest absolute Gasteiger partial charge is 0.320 e. The summed E-state index contributed by atoms with van der Waals surface area (Å²) in [7, 11) is -1.63. The van der Waals surface area contributed by atoms with Gasteiger partial charge in [-0.3, -0.25) is 0 Å². The van der Waals surface area contributed by atoms with Gasteiger partial charge in [0, 0.05) is 31.1 Å². The van der Waals surface area contributed by atoms with Gasteiger partial charge in [0.25, 0.3) is 0 Å². The molecular weight excluding hydrogens is 438 g/mol. The van der Waals surface area contributed by atoms with Crippen molar-refractivity contribution in [2.24, 2.45) is 12.0 Å². The smallest absolute Gasteiger partial charge is 0.243 e. The predicted octanol–water partition coefficient (Wildman–Crippen LogP) is 4.73. The van der Waals surface area contributed by atoms with E-state index in [9.17, 15) is 8.42 Å². The summed E-state index contributed by atoms with van der Waals surface area (Å²) >= 11 is 1.54. The average molecular weight is 462 g/mol. The summed E-state index contributed by atoms with van der Waals surface area (Å²) < 4.78 is 30.4. The van der Waals surface area contributed by atoms with Crippen molar-refractivity contribution in [3.05, 3.63) is 100 Å². The van der Waals surface area contributed by atoms with Crippen LogP contribution in [0, 0.1) is 0 Å². The lowest BCUT2D eigenvalue weighted by molar-refractivity contribution is 0.391. The van der Waals surface area contributed by atoms with Crippen molar-refractivity contribution in [3.63, 3.8) is 0 Å². The molecule has 0 atom stereocenters. The highest BCUT2D eigenvalue weighted by Gasteiger charge is 2.28. The van der Waals surface area contributed by atoms with Crippen LogP contribution in [-0.4, -0.2) is 23.8 Å². The summed E-state index contributed by atoms with van der Waals surface area (Å²) in [5, 5.41) is 2.02. The molecule has 32 heavy (non-hydrogen) atoms. The van der Waals surface area contributed by atoms with Crippen molar-refractivity contribution >= 4 is 27.0 Å². The first-order chi connectivity index (χ1) is 15.5. The molecule has 0 unspecified atom stereocenters. The van der Waals surface area contributed by atoms with Gasteiger partial charge in [-0.2, -0.15) is 4.31 Å². The van der Waals surface area contributed by atoms with Crippen molar-refractivity contribution in [2.45, 2.75) is 17.9 Å². The van der Waals surface area contributed by atoms with E-state index in [-0.39, 0.29) is 0 Å². The molecular formula is C25H23N3O2S2. The topological polar surface area (TPSA) is 54.7 Å². The van der Waals surface area contributed by atoms with E-state index >= 15 is 0 Å². The van der Waals surface area contributed by atoms with Crippen LogP contribution in [0.2, 0.25) is 0 Å². The number of hydrogen-bond donors (Lipinski definition) is 0. The van der Waals surface area contributed by atoms with Gasteiger partial charge in [0.15, 0.2) is 4.80 Å². The fraction of sp³-hybridized carbons (Fsp3) is 0.160. The Kier molecular flexibility index (Phi) is 5.55. The third-order valence-electron chi connectivity index (χ3n) is 5.77. The van der Waals surface area contributed by atoms with Crippen LogP contribution >= 0.6 is 11.3 Å². The molecule has 0 bridgehead atoms. The zero-order valence-electron chi connectivity index (χ0n) is 17.7. The first kappa shape index (κ1) is 20.9. The minimum atomic E-state index is -3.59. The highest BCUT2D eigenvalue weighted by molar-refractivity contribution is 7.89. The Balaban J connectivity index is 1.48. The number of benzene rings is 3. The zero-order valence-corrected chi connectivity index (χ0v) is 19.3. The van der Waals surface area contributed by atoms with Gasteiger partial charge in [0.05, 0.1) is 16.3 Å². The van der Waals surface area contributed by atoms with Crippen molar-refractivity contribution in [2.75, 3.05) is 6.54 Å². The monoisotopic (exact) mass is 461 g/mol. The Labute approximate surface area is 192 Å². The molecule has 0 aliphatic carbocycles. The maximum Gasteiger partial charge on any atom is 0.243 e. The lowest BCUT2D eigenvalue weighted by Gasteiger charge is -2.28. The highest BCUT2D eigenvalue weighted by atomic mass is 32.2. The fourth-order valence-electron chi connectivity index (χ4n) is 3.99. The second kappa shape index (κ2) is 8.50. The summed E-state index contributed by atoms with van der Waals surface area (Å²) in [5.74, 6) is 0. The van der Waals surface area contributed by atoms with E-state index < -0.39 is 10.0 Å². The van der Waals surface area contributed by atoms with Crippen LogP contribution in [0.4, 0.5) is 5.69 Å². The van der Waals surface area contributed by atoms with Gasteiger partial charge in [-0.25, -0.2) is 13.4 Å². The highest BCUT2D eigenvalue weighted by Crippen LogP contribution is 2.28. The number of nitrogens with zero attached hydrogens (tertiary/aromatic N) is 3. The second-order valence-electron chi connectivity index (χ2n) is 7.80. The molecule has 2 heterocycles. The number of hydrogen-bond acceptors (Lipinski definition) is 4. The minimum absolute atomic E-state index is 0.321. The molecule has 0 saturated carbocycles. The number of sulfonamides is 1. The lowest BCUT2D eigenvalue weighted by Crippen LogP contribution is -2.35. The van der Waals surface area contributed by atoms with Crippen LogP contribution in [-0.2, 0) is 30.0 Å². The first-order valence-electron chi connectivity index (χ1n) is 10.4. The van der Waals surface area contributed by atoms with Gasteiger partial charge in [-0.05, 0) is 41.8 Å². The third kappa shape index (κ3) is 3.95. The number of thiazole rings is 1. The Hall–Kier alpha value is -3.00. The molecule has 0 N–H and O–H groups in total. The molecule has 3 aromatic carbocycles. The Morgan fingerprint density at radius 3 is 2.47 bits per heavy atom. The van der Waals surface area contributed by atoms with Crippen molar-refractivity contribution < 1.29 is 8.42 Å². The van der Waals surface area contributed by atoms with E-state index in [1.165, 1.54) is 16.9 Å². The normalized spacial score (nSPS) is 15.0. The Morgan fingerprint density at radius 1 is 0.906 bits per heavy atom. The number of rotatable bonds is 4. The van der Waals surface area contributed by atoms with Crippen LogP contribution in [0.25, 0.3) is 11.3 Å². The number of aromatic nitrogens is 1. The molecule has 0 fully saturated rings. The molecule has 1 aromatic heterocycles. The van der Waals surface area contributed by atoms with Gasteiger partial charge < -0.3 is 4.57 Å². The Bertz CT molecular complexity index is 1440. The first-order valence-corrected chi connectivity index (χ1v) is 12.8. The molecule has 4 aromatic rings. The lowest BCUT2D eigenvalue weighted by atomic mass is 10.0. The Morgan fingerprint density at radius 2 is 1.66 bits per heavy atom. The van der Waals surface area contributed by atoms with Crippen LogP contribution in [0.15, 0.2) is 94.1 Å². The quantitative estimate of drug-likeness (QED) is 0.441. The fourth-order valence-corrected chi connectivity index (χ4v) is 6.38. The van der Waals surface area contributed by atoms with E-state index in [2.05, 4.69) is 6.07 Å². The average Bonchev–Trinajstić information content (AvgIpc) is 3.19. The van der Waals surface area contributed by atoms with E-state index in [1.807, 2.05) is 77.7 Å². The second-order valence-corrected chi connectivity index (χ2v) is 10.6. The molecule has 5 nitrogen and oxygen atoms in total. The number of para-hydroxylation sites is 1. The third-order valence-corrected chi connectivity index (χ3v) is 8.53. The van der Waals surface area contributed by atoms with Crippen LogP contribution in [0.3, 0.4) is 0 Å². The minimum Gasteiger partial charge on any atom is -0.320 e. The zero-order chi connectivity index (χ0) is 22.1. The van der Waals surface area contributed by atoms with Gasteiger partial charge >= 0.3 is 0 Å². The van der Waals surface area contributed by atoms with Crippen molar-refractivity contribution in [1.82, 2.24) is 8.87 Å². The van der Waals surface area contributed by atoms with E-state index in [1.54, 1.807) is 16.4 Å².